The molecule has 4 aromatic rings. The maximum atomic E-state index is 13.1. The molecule has 2 aromatic carbocycles. The van der Waals surface area contributed by atoms with Crippen LogP contribution in [-0.2, 0) is 11.2 Å². The van der Waals surface area contributed by atoms with E-state index in [0.29, 0.717) is 11.6 Å². The van der Waals surface area contributed by atoms with E-state index >= 15 is 0 Å². The quantitative estimate of drug-likeness (QED) is 0.355. The molecule has 0 spiro atoms. The van der Waals surface area contributed by atoms with Crippen LogP contribution in [0.4, 0.5) is 0 Å². The van der Waals surface area contributed by atoms with Crippen molar-refractivity contribution in [3.05, 3.63) is 78.3 Å². The average molecular weight is 472 g/mol. The third-order valence-corrected chi connectivity index (χ3v) is 6.88. The molecule has 35 heavy (non-hydrogen) atoms. The molecule has 7 heteroatoms. The molecule has 1 aliphatic rings. The third-order valence-electron chi connectivity index (χ3n) is 6.88. The molecular formula is C28H29N3O4. The summed E-state index contributed by atoms with van der Waals surface area (Å²) >= 11 is 0. The lowest BCUT2D eigenvalue weighted by atomic mass is 9.95. The summed E-state index contributed by atoms with van der Waals surface area (Å²) in [7, 11) is 0. The molecule has 0 aliphatic heterocycles. The Morgan fingerprint density at radius 3 is 2.51 bits per heavy atom. The Hall–Kier alpha value is -4.00. The first-order chi connectivity index (χ1) is 17.0. The van der Waals surface area contributed by atoms with Crippen molar-refractivity contribution in [3.8, 4) is 17.0 Å². The fourth-order valence-electron chi connectivity index (χ4n) is 5.07. The molecule has 1 atom stereocenters. The summed E-state index contributed by atoms with van der Waals surface area (Å²) in [6.45, 7) is 0. The lowest BCUT2D eigenvalue weighted by molar-refractivity contribution is -0.119. The molecular weight excluding hydrogens is 442 g/mol. The molecule has 1 saturated carbocycles. The largest absolute Gasteiger partial charge is 0.508 e. The van der Waals surface area contributed by atoms with Crippen LogP contribution in [0.3, 0.4) is 0 Å². The molecule has 7 nitrogen and oxygen atoms in total. The number of phenolic OH excluding ortho intramolecular Hbond substituents is 1. The molecule has 1 fully saturated rings. The van der Waals surface area contributed by atoms with Gasteiger partial charge >= 0.3 is 0 Å². The maximum absolute atomic E-state index is 13.1. The summed E-state index contributed by atoms with van der Waals surface area (Å²) in [6.07, 6.45) is 9.63. The fourth-order valence-corrected chi connectivity index (χ4v) is 5.07. The molecule has 0 radical (unpaired) electrons. The number of aromatic hydroxyl groups is 1. The third kappa shape index (κ3) is 4.80. The molecule has 0 unspecified atom stereocenters. The number of primary amides is 1. The topological polar surface area (TPSA) is 110 Å². The molecule has 2 aromatic heterocycles. The molecule has 2 heterocycles. The monoisotopic (exact) mass is 471 g/mol. The van der Waals surface area contributed by atoms with Crippen molar-refractivity contribution in [2.24, 2.45) is 5.73 Å². The summed E-state index contributed by atoms with van der Waals surface area (Å²) in [5, 5.41) is 13.2. The van der Waals surface area contributed by atoms with E-state index in [9.17, 15) is 14.7 Å². The Balaban J connectivity index is 1.43. The molecule has 4 N–H and O–H groups in total. The number of amides is 2. The van der Waals surface area contributed by atoms with Gasteiger partial charge in [-0.15, -0.1) is 0 Å². The van der Waals surface area contributed by atoms with E-state index in [4.69, 9.17) is 10.2 Å². The zero-order chi connectivity index (χ0) is 24.4. The summed E-state index contributed by atoms with van der Waals surface area (Å²) in [4.78, 5) is 25.1. The number of benzene rings is 2. The van der Waals surface area contributed by atoms with Crippen molar-refractivity contribution in [2.45, 2.75) is 50.6 Å². The fraction of sp³-hybridized carbons (Fsp3) is 0.286. The van der Waals surface area contributed by atoms with Crippen LogP contribution >= 0.6 is 0 Å². The second-order valence-corrected chi connectivity index (χ2v) is 9.28. The number of carbonyl (C=O) groups is 2. The predicted octanol–water partition coefficient (Wildman–Crippen LogP) is 4.94. The van der Waals surface area contributed by atoms with E-state index in [1.54, 1.807) is 30.7 Å². The van der Waals surface area contributed by atoms with E-state index in [1.165, 1.54) is 31.4 Å². The van der Waals surface area contributed by atoms with Gasteiger partial charge in [0.2, 0.25) is 5.91 Å². The average Bonchev–Trinajstić information content (AvgIpc) is 3.53. The zero-order valence-corrected chi connectivity index (χ0v) is 19.4. The van der Waals surface area contributed by atoms with Crippen LogP contribution in [-0.4, -0.2) is 27.5 Å². The highest BCUT2D eigenvalue weighted by Gasteiger charge is 2.23. The Kier molecular flexibility index (Phi) is 6.31. The lowest BCUT2D eigenvalue weighted by Crippen LogP contribution is -2.45. The van der Waals surface area contributed by atoms with E-state index < -0.39 is 11.9 Å². The van der Waals surface area contributed by atoms with Crippen LogP contribution in [0.5, 0.6) is 5.75 Å². The zero-order valence-electron chi connectivity index (χ0n) is 19.4. The summed E-state index contributed by atoms with van der Waals surface area (Å²) in [5.74, 6) is -0.834. The van der Waals surface area contributed by atoms with Crippen molar-refractivity contribution >= 4 is 22.7 Å². The summed E-state index contributed by atoms with van der Waals surface area (Å²) < 4.78 is 7.74. The Morgan fingerprint density at radius 2 is 1.83 bits per heavy atom. The number of phenols is 1. The first-order valence-corrected chi connectivity index (χ1v) is 12.1. The van der Waals surface area contributed by atoms with Crippen molar-refractivity contribution in [2.75, 3.05) is 0 Å². The van der Waals surface area contributed by atoms with Crippen LogP contribution < -0.4 is 11.1 Å². The van der Waals surface area contributed by atoms with Crippen molar-refractivity contribution < 1.29 is 19.1 Å². The van der Waals surface area contributed by atoms with Crippen molar-refractivity contribution in [1.82, 2.24) is 9.88 Å². The molecule has 2 amide bonds. The Bertz CT molecular complexity index is 1330. The van der Waals surface area contributed by atoms with Crippen LogP contribution in [0.15, 0.2) is 71.5 Å². The number of nitrogens with one attached hydrogen (secondary N) is 1. The van der Waals surface area contributed by atoms with Crippen LogP contribution in [0.1, 0.15) is 54.1 Å². The minimum atomic E-state index is -0.865. The number of hydrogen-bond donors (Lipinski definition) is 3. The predicted molar refractivity (Wildman–Crippen MR) is 134 cm³/mol. The first-order valence-electron chi connectivity index (χ1n) is 12.1. The second kappa shape index (κ2) is 9.70. The maximum Gasteiger partial charge on any atom is 0.251 e. The number of aromatic nitrogens is 1. The van der Waals surface area contributed by atoms with Gasteiger partial charge < -0.3 is 25.1 Å². The normalized spacial score (nSPS) is 15.2. The van der Waals surface area contributed by atoms with Crippen molar-refractivity contribution in [1.29, 1.82) is 0 Å². The van der Waals surface area contributed by atoms with E-state index in [0.717, 1.165) is 40.6 Å². The highest BCUT2D eigenvalue weighted by molar-refractivity contribution is 6.01. The first kappa shape index (κ1) is 22.8. The second-order valence-electron chi connectivity index (χ2n) is 9.28. The minimum Gasteiger partial charge on any atom is -0.508 e. The van der Waals surface area contributed by atoms with Gasteiger partial charge in [0.05, 0.1) is 18.2 Å². The van der Waals surface area contributed by atoms with Crippen LogP contribution in [0, 0.1) is 0 Å². The van der Waals surface area contributed by atoms with Gasteiger partial charge in [0.1, 0.15) is 11.8 Å². The molecule has 180 valence electrons. The smallest absolute Gasteiger partial charge is 0.251 e. The lowest BCUT2D eigenvalue weighted by Gasteiger charge is -2.26. The Labute approximate surface area is 203 Å². The standard InChI is InChI=1S/C28H29N3O4/c29-27(33)24(14-18-6-9-23(32)10-7-18)30-28(34)19-8-11-25-21(15-19)16-26(20-12-13-35-17-20)31(25)22-4-2-1-3-5-22/h6-13,15-17,22,24,32H,1-5,14H2,(H2,29,33)(H,30,34)/t24-/m1/s1. The summed E-state index contributed by atoms with van der Waals surface area (Å²) in [5.41, 5.74) is 10.0. The molecule has 5 rings (SSSR count). The number of fused-ring (bicyclic) bond motifs is 1. The van der Waals surface area contributed by atoms with Gasteiger partial charge in [0, 0.05) is 34.5 Å². The van der Waals surface area contributed by atoms with Gasteiger partial charge in [-0.05, 0) is 60.9 Å². The van der Waals surface area contributed by atoms with Crippen molar-refractivity contribution in [3.63, 3.8) is 0 Å². The van der Waals surface area contributed by atoms with Gasteiger partial charge in [-0.2, -0.15) is 0 Å². The molecule has 0 bridgehead atoms. The molecule has 1 aliphatic carbocycles. The highest BCUT2D eigenvalue weighted by Crippen LogP contribution is 2.38. The van der Waals surface area contributed by atoms with E-state index in [2.05, 4.69) is 16.0 Å². The molecule has 0 saturated heterocycles. The van der Waals surface area contributed by atoms with Crippen LogP contribution in [0.2, 0.25) is 0 Å². The van der Waals surface area contributed by atoms with Gasteiger partial charge in [-0.25, -0.2) is 0 Å². The van der Waals surface area contributed by atoms with Gasteiger partial charge in [-0.1, -0.05) is 31.4 Å². The SMILES string of the molecule is NC(=O)[C@@H](Cc1ccc(O)cc1)NC(=O)c1ccc2c(c1)cc(-c1ccoc1)n2C1CCCCC1. The van der Waals surface area contributed by atoms with Crippen LogP contribution in [0.25, 0.3) is 22.2 Å². The number of carbonyl (C=O) groups excluding carboxylic acids is 2. The summed E-state index contributed by atoms with van der Waals surface area (Å²) in [6, 6.07) is 15.8. The van der Waals surface area contributed by atoms with Gasteiger partial charge in [0.25, 0.3) is 5.91 Å². The van der Waals surface area contributed by atoms with E-state index in [-0.39, 0.29) is 18.1 Å². The van der Waals surface area contributed by atoms with Gasteiger partial charge in [0.15, 0.2) is 0 Å². The van der Waals surface area contributed by atoms with Gasteiger partial charge in [-0.3, -0.25) is 9.59 Å². The number of rotatable bonds is 7. The van der Waals surface area contributed by atoms with E-state index in [1.807, 2.05) is 18.2 Å². The number of furan rings is 1. The number of nitrogens with two attached hydrogens (primary N) is 1. The highest BCUT2D eigenvalue weighted by atomic mass is 16.3. The number of nitrogens with zero attached hydrogens (tertiary/aromatic N) is 1. The Morgan fingerprint density at radius 1 is 1.06 bits per heavy atom. The number of hydrogen-bond acceptors (Lipinski definition) is 4. The minimum absolute atomic E-state index is 0.136.